The fraction of sp³-hybridized carbons (Fsp3) is 0.308. The van der Waals surface area contributed by atoms with Crippen LogP contribution in [0.4, 0.5) is 4.39 Å². The Bertz CT molecular complexity index is 517. The highest BCUT2D eigenvalue weighted by Crippen LogP contribution is 2.22. The molecular weight excluding hydrogens is 217 g/mol. The van der Waals surface area contributed by atoms with E-state index in [9.17, 15) is 4.39 Å². The van der Waals surface area contributed by atoms with Crippen molar-refractivity contribution in [2.45, 2.75) is 26.3 Å². The second kappa shape index (κ2) is 4.67. The van der Waals surface area contributed by atoms with E-state index in [0.717, 1.165) is 23.5 Å². The van der Waals surface area contributed by atoms with E-state index in [1.165, 1.54) is 12.1 Å². The van der Waals surface area contributed by atoms with Crippen LogP contribution in [0.25, 0.3) is 5.69 Å². The summed E-state index contributed by atoms with van der Waals surface area (Å²) in [6.07, 6.45) is 4.44. The molecular formula is C13H16FN3. The van der Waals surface area contributed by atoms with Gasteiger partial charge in [0.2, 0.25) is 0 Å². The number of rotatable bonds is 3. The number of nitrogens with zero attached hydrogens (tertiary/aromatic N) is 2. The highest BCUT2D eigenvalue weighted by atomic mass is 19.1. The van der Waals surface area contributed by atoms with Crippen LogP contribution in [0.15, 0.2) is 30.6 Å². The van der Waals surface area contributed by atoms with E-state index < -0.39 is 0 Å². The van der Waals surface area contributed by atoms with Crippen molar-refractivity contribution in [3.8, 4) is 5.69 Å². The van der Waals surface area contributed by atoms with Crippen molar-refractivity contribution < 1.29 is 4.39 Å². The van der Waals surface area contributed by atoms with Crippen molar-refractivity contribution in [1.82, 2.24) is 9.55 Å². The Morgan fingerprint density at radius 3 is 2.88 bits per heavy atom. The van der Waals surface area contributed by atoms with Gasteiger partial charge >= 0.3 is 0 Å². The topological polar surface area (TPSA) is 43.8 Å². The third-order valence-corrected chi connectivity index (χ3v) is 2.77. The van der Waals surface area contributed by atoms with Crippen molar-refractivity contribution in [3.05, 3.63) is 47.8 Å². The summed E-state index contributed by atoms with van der Waals surface area (Å²) in [5, 5.41) is 0. The van der Waals surface area contributed by atoms with Crippen LogP contribution in [-0.4, -0.2) is 9.55 Å². The minimum Gasteiger partial charge on any atom is -0.324 e. The number of nitrogens with two attached hydrogens (primary N) is 1. The maximum atomic E-state index is 13.3. The maximum absolute atomic E-state index is 13.3. The van der Waals surface area contributed by atoms with Crippen molar-refractivity contribution in [2.75, 3.05) is 0 Å². The van der Waals surface area contributed by atoms with Gasteiger partial charge in [-0.1, -0.05) is 6.92 Å². The molecule has 2 rings (SSSR count). The van der Waals surface area contributed by atoms with E-state index in [-0.39, 0.29) is 11.9 Å². The molecule has 1 aromatic heterocycles. The van der Waals surface area contributed by atoms with Crippen molar-refractivity contribution in [2.24, 2.45) is 5.73 Å². The second-order valence-electron chi connectivity index (χ2n) is 4.06. The van der Waals surface area contributed by atoms with Gasteiger partial charge in [-0.15, -0.1) is 0 Å². The van der Waals surface area contributed by atoms with Crippen LogP contribution in [0.3, 0.4) is 0 Å². The number of halogens is 1. The highest BCUT2D eigenvalue weighted by molar-refractivity contribution is 5.44. The predicted octanol–water partition coefficient (Wildman–Crippen LogP) is 2.59. The Morgan fingerprint density at radius 1 is 1.47 bits per heavy atom. The lowest BCUT2D eigenvalue weighted by Gasteiger charge is -2.15. The van der Waals surface area contributed by atoms with Crippen LogP contribution in [0.5, 0.6) is 0 Å². The van der Waals surface area contributed by atoms with Crippen molar-refractivity contribution >= 4 is 0 Å². The monoisotopic (exact) mass is 233 g/mol. The summed E-state index contributed by atoms with van der Waals surface area (Å²) in [5.74, 6) is 0.678. The summed E-state index contributed by atoms with van der Waals surface area (Å²) in [6.45, 7) is 3.88. The first-order valence-corrected chi connectivity index (χ1v) is 5.71. The number of hydrogen-bond donors (Lipinski definition) is 1. The molecule has 0 radical (unpaired) electrons. The number of imidazole rings is 1. The molecule has 1 heterocycles. The lowest BCUT2D eigenvalue weighted by molar-refractivity contribution is 0.621. The first-order valence-electron chi connectivity index (χ1n) is 5.71. The molecule has 0 bridgehead atoms. The van der Waals surface area contributed by atoms with E-state index in [1.54, 1.807) is 12.3 Å². The molecule has 90 valence electrons. The largest absolute Gasteiger partial charge is 0.324 e. The Kier molecular flexibility index (Phi) is 3.24. The minimum absolute atomic E-state index is 0.215. The summed E-state index contributed by atoms with van der Waals surface area (Å²) < 4.78 is 15.2. The first-order chi connectivity index (χ1) is 8.13. The quantitative estimate of drug-likeness (QED) is 0.885. The highest BCUT2D eigenvalue weighted by Gasteiger charge is 2.12. The average Bonchev–Trinajstić information content (AvgIpc) is 2.76. The molecule has 1 aromatic carbocycles. The summed E-state index contributed by atoms with van der Waals surface area (Å²) in [5.41, 5.74) is 7.57. The Morgan fingerprint density at radius 2 is 2.24 bits per heavy atom. The van der Waals surface area contributed by atoms with Crippen LogP contribution in [-0.2, 0) is 6.42 Å². The van der Waals surface area contributed by atoms with Gasteiger partial charge in [0.15, 0.2) is 0 Å². The average molecular weight is 233 g/mol. The van der Waals surface area contributed by atoms with Gasteiger partial charge in [-0.05, 0) is 30.7 Å². The van der Waals surface area contributed by atoms with Gasteiger partial charge in [-0.25, -0.2) is 9.37 Å². The van der Waals surface area contributed by atoms with Gasteiger partial charge in [-0.3, -0.25) is 0 Å². The lowest BCUT2D eigenvalue weighted by Crippen LogP contribution is -2.11. The van der Waals surface area contributed by atoms with E-state index in [0.29, 0.717) is 0 Å². The molecule has 0 amide bonds. The van der Waals surface area contributed by atoms with Gasteiger partial charge in [0, 0.05) is 24.9 Å². The number of aryl methyl sites for hydroxylation is 1. The van der Waals surface area contributed by atoms with Crippen LogP contribution in [0.2, 0.25) is 0 Å². The van der Waals surface area contributed by atoms with Gasteiger partial charge in [-0.2, -0.15) is 0 Å². The normalized spacial score (nSPS) is 12.7. The van der Waals surface area contributed by atoms with Gasteiger partial charge in [0.25, 0.3) is 0 Å². The molecule has 4 heteroatoms. The standard InChI is InChI=1S/C13H16FN3/c1-3-13-16-6-7-17(13)12-5-4-10(14)8-11(12)9(2)15/h4-9H,3,15H2,1-2H3. The maximum Gasteiger partial charge on any atom is 0.123 e. The van der Waals surface area contributed by atoms with Crippen LogP contribution < -0.4 is 5.73 Å². The minimum atomic E-state index is -0.265. The summed E-state index contributed by atoms with van der Waals surface area (Å²) in [4.78, 5) is 4.26. The Hall–Kier alpha value is -1.68. The van der Waals surface area contributed by atoms with E-state index >= 15 is 0 Å². The van der Waals surface area contributed by atoms with Gasteiger partial charge in [0.05, 0.1) is 5.69 Å². The number of aromatic nitrogens is 2. The zero-order valence-corrected chi connectivity index (χ0v) is 10.0. The third-order valence-electron chi connectivity index (χ3n) is 2.77. The number of benzene rings is 1. The molecule has 2 N–H and O–H groups in total. The smallest absolute Gasteiger partial charge is 0.123 e. The van der Waals surface area contributed by atoms with E-state index in [4.69, 9.17) is 5.73 Å². The Labute approximate surface area is 100 Å². The van der Waals surface area contributed by atoms with Crippen LogP contribution in [0, 0.1) is 5.82 Å². The fourth-order valence-corrected chi connectivity index (χ4v) is 1.92. The zero-order valence-electron chi connectivity index (χ0n) is 10.0. The SMILES string of the molecule is CCc1nccn1-c1ccc(F)cc1C(C)N. The third kappa shape index (κ3) is 2.22. The molecule has 3 nitrogen and oxygen atoms in total. The van der Waals surface area contributed by atoms with Crippen molar-refractivity contribution in [3.63, 3.8) is 0 Å². The van der Waals surface area contributed by atoms with Crippen LogP contribution in [0.1, 0.15) is 31.3 Å². The molecule has 0 saturated carbocycles. The summed E-state index contributed by atoms with van der Waals surface area (Å²) in [6, 6.07) is 4.46. The molecule has 0 aliphatic heterocycles. The van der Waals surface area contributed by atoms with Gasteiger partial charge < -0.3 is 10.3 Å². The fourth-order valence-electron chi connectivity index (χ4n) is 1.92. The summed E-state index contributed by atoms with van der Waals surface area (Å²) >= 11 is 0. The molecule has 0 aliphatic rings. The number of hydrogen-bond acceptors (Lipinski definition) is 2. The van der Waals surface area contributed by atoms with Crippen molar-refractivity contribution in [1.29, 1.82) is 0 Å². The molecule has 1 atom stereocenters. The molecule has 2 aromatic rings. The first kappa shape index (κ1) is 11.8. The molecule has 0 aliphatic carbocycles. The molecule has 0 spiro atoms. The van der Waals surface area contributed by atoms with Crippen LogP contribution >= 0.6 is 0 Å². The molecule has 0 fully saturated rings. The van der Waals surface area contributed by atoms with Gasteiger partial charge in [0.1, 0.15) is 11.6 Å². The lowest BCUT2D eigenvalue weighted by atomic mass is 10.1. The molecule has 0 saturated heterocycles. The van der Waals surface area contributed by atoms with E-state index in [2.05, 4.69) is 4.98 Å². The molecule has 1 unspecified atom stereocenters. The van der Waals surface area contributed by atoms with E-state index in [1.807, 2.05) is 24.6 Å². The zero-order chi connectivity index (χ0) is 12.4. The summed E-state index contributed by atoms with van der Waals surface area (Å²) in [7, 11) is 0. The predicted molar refractivity (Wildman–Crippen MR) is 65.5 cm³/mol. The Balaban J connectivity index is 2.59. The molecule has 17 heavy (non-hydrogen) atoms. The second-order valence-corrected chi connectivity index (χ2v) is 4.06.